The van der Waals surface area contributed by atoms with Crippen molar-refractivity contribution >= 4 is 19.7 Å². The summed E-state index contributed by atoms with van der Waals surface area (Å²) in [5.74, 6) is -0.910. The molecule has 0 bridgehead atoms. The minimum Gasteiger partial charge on any atom is -0.457 e. The average molecular weight is 876 g/mol. The molecule has 12 heteroatoms. The van der Waals surface area contributed by atoms with Gasteiger partial charge in [-0.05, 0) is 25.2 Å². The van der Waals surface area contributed by atoms with Crippen molar-refractivity contribution in [2.45, 2.75) is 276 Å². The highest BCUT2D eigenvalue weighted by Crippen LogP contribution is 2.41. The summed E-state index contributed by atoms with van der Waals surface area (Å²) in [7, 11) is -5.11. The number of phosphoric ester groups is 1. The number of aliphatic hydroxyl groups is 2. The fourth-order valence-corrected chi connectivity index (χ4v) is 9.22. The zero-order chi connectivity index (χ0) is 44.1. The van der Waals surface area contributed by atoms with E-state index < -0.39 is 56.8 Å². The van der Waals surface area contributed by atoms with E-state index in [1.807, 2.05) is 0 Å². The summed E-state index contributed by atoms with van der Waals surface area (Å²) < 4.78 is 28.9. The number of phosphoric acid groups is 1. The van der Waals surface area contributed by atoms with Crippen LogP contribution in [0.25, 0.3) is 0 Å². The second-order valence-electron chi connectivity index (χ2n) is 18.1. The number of ether oxygens (including phenoxy) is 2. The van der Waals surface area contributed by atoms with E-state index in [-0.39, 0.29) is 25.4 Å². The first-order valence-electron chi connectivity index (χ1n) is 25.2. The fraction of sp³-hybridized carbons (Fsp3) is 0.958. The van der Waals surface area contributed by atoms with Crippen molar-refractivity contribution in [3.05, 3.63) is 0 Å². The molecule has 356 valence electrons. The molecule has 1 amide bonds. The normalized spacial score (nSPS) is 19.3. The number of hydrogen-bond acceptors (Lipinski definition) is 8. The van der Waals surface area contributed by atoms with E-state index in [1.54, 1.807) is 0 Å². The minimum absolute atomic E-state index is 0.101. The molecule has 0 aromatic rings. The van der Waals surface area contributed by atoms with Crippen LogP contribution >= 0.6 is 7.82 Å². The van der Waals surface area contributed by atoms with Gasteiger partial charge in [-0.2, -0.15) is 0 Å². The Morgan fingerprint density at radius 3 is 1.37 bits per heavy atom. The van der Waals surface area contributed by atoms with Crippen LogP contribution in [0.5, 0.6) is 0 Å². The average Bonchev–Trinajstić information content (AvgIpc) is 3.20. The Morgan fingerprint density at radius 2 is 0.983 bits per heavy atom. The Hall–Kier alpha value is -1.07. The number of rotatable bonds is 42. The van der Waals surface area contributed by atoms with E-state index >= 15 is 0 Å². The lowest BCUT2D eigenvalue weighted by atomic mass is 9.91. The lowest BCUT2D eigenvalue weighted by Crippen LogP contribution is -2.62. The molecule has 1 saturated heterocycles. The number of amides is 1. The van der Waals surface area contributed by atoms with Gasteiger partial charge in [0, 0.05) is 6.42 Å². The van der Waals surface area contributed by atoms with Crippen LogP contribution in [0.1, 0.15) is 245 Å². The molecule has 1 fully saturated rings. The third-order valence-corrected chi connectivity index (χ3v) is 12.8. The molecule has 1 rings (SSSR count). The summed E-state index contributed by atoms with van der Waals surface area (Å²) in [6.07, 6.45) is 33.9. The highest BCUT2D eigenvalue weighted by molar-refractivity contribution is 7.46. The summed E-state index contributed by atoms with van der Waals surface area (Å²) >= 11 is 0. The maximum atomic E-state index is 13.7. The van der Waals surface area contributed by atoms with E-state index in [0.29, 0.717) is 6.42 Å². The lowest BCUT2D eigenvalue weighted by Gasteiger charge is -2.41. The summed E-state index contributed by atoms with van der Waals surface area (Å²) in [6, 6.07) is -0.993. The maximum absolute atomic E-state index is 13.7. The van der Waals surface area contributed by atoms with Crippen molar-refractivity contribution in [2.24, 2.45) is 5.92 Å². The van der Waals surface area contributed by atoms with Gasteiger partial charge in [0.15, 0.2) is 6.10 Å². The number of esters is 1. The third kappa shape index (κ3) is 31.7. The van der Waals surface area contributed by atoms with Gasteiger partial charge in [0.2, 0.25) is 5.91 Å². The van der Waals surface area contributed by atoms with Crippen LogP contribution in [0, 0.1) is 5.92 Å². The largest absolute Gasteiger partial charge is 0.470 e. The molecular weight excluding hydrogens is 781 g/mol. The zero-order valence-electron chi connectivity index (χ0n) is 38.8. The summed E-state index contributed by atoms with van der Waals surface area (Å²) in [4.78, 5) is 46.5. The SMILES string of the molecule is CCCCCCCCCCCCCCC(CCCCCCCCCCC)CC(=O)O[C@H]1[C@H](OP(=O)(O)O)[C@@H](CO)OC[C@@H]1NC(=O)C[C@H](O)CCCCCCCCCCC. The van der Waals surface area contributed by atoms with E-state index in [0.717, 1.165) is 57.8 Å². The van der Waals surface area contributed by atoms with Gasteiger partial charge in [-0.1, -0.05) is 213 Å². The highest BCUT2D eigenvalue weighted by atomic mass is 31.2. The van der Waals surface area contributed by atoms with E-state index in [9.17, 15) is 34.2 Å². The first-order chi connectivity index (χ1) is 29.0. The quantitative estimate of drug-likeness (QED) is 0.0226. The molecule has 0 radical (unpaired) electrons. The van der Waals surface area contributed by atoms with Crippen LogP contribution in [0.4, 0.5) is 0 Å². The summed E-state index contributed by atoms with van der Waals surface area (Å²) in [6.45, 7) is 5.90. The predicted molar refractivity (Wildman–Crippen MR) is 244 cm³/mol. The number of aliphatic hydroxyl groups excluding tert-OH is 2. The van der Waals surface area contributed by atoms with Gasteiger partial charge >= 0.3 is 13.8 Å². The zero-order valence-corrected chi connectivity index (χ0v) is 39.7. The van der Waals surface area contributed by atoms with Crippen LogP contribution in [0.2, 0.25) is 0 Å². The second-order valence-corrected chi connectivity index (χ2v) is 19.3. The first-order valence-corrected chi connectivity index (χ1v) is 26.7. The summed E-state index contributed by atoms with van der Waals surface area (Å²) in [5.41, 5.74) is 0. The van der Waals surface area contributed by atoms with Crippen molar-refractivity contribution in [3.63, 3.8) is 0 Å². The predicted octanol–water partition coefficient (Wildman–Crippen LogP) is 11.9. The second kappa shape index (κ2) is 38.4. The van der Waals surface area contributed by atoms with Crippen LogP contribution in [-0.4, -0.2) is 75.5 Å². The molecule has 1 heterocycles. The van der Waals surface area contributed by atoms with Crippen molar-refractivity contribution in [1.82, 2.24) is 5.32 Å². The van der Waals surface area contributed by atoms with Gasteiger partial charge in [0.1, 0.15) is 12.2 Å². The van der Waals surface area contributed by atoms with E-state index in [2.05, 4.69) is 26.1 Å². The molecule has 6 atom stereocenters. The van der Waals surface area contributed by atoms with Gasteiger partial charge in [0.25, 0.3) is 0 Å². The van der Waals surface area contributed by atoms with E-state index in [4.69, 9.17) is 14.0 Å². The molecule has 0 aromatic heterocycles. The first kappa shape index (κ1) is 56.9. The number of carbonyl (C=O) groups is 2. The van der Waals surface area contributed by atoms with Crippen molar-refractivity contribution in [1.29, 1.82) is 0 Å². The number of unbranched alkanes of at least 4 members (excludes halogenated alkanes) is 27. The standard InChI is InChI=1S/C48H94NO10P/c1-4-7-10-13-16-19-20-21-24-26-29-32-35-41(34-31-28-25-22-17-14-11-8-5-2)37-46(53)58-47-43(40-57-44(39-50)48(47)59-60(54,55)56)49-45(52)38-42(51)36-33-30-27-23-18-15-12-9-6-3/h41-44,47-48,50-51H,4-40H2,1-3H3,(H,49,52)(H2,54,55,56)/t41?,42-,43+,44-,47-,48-/m1/s1. The maximum Gasteiger partial charge on any atom is 0.470 e. The molecule has 11 nitrogen and oxygen atoms in total. The molecule has 0 saturated carbocycles. The number of carbonyl (C=O) groups excluding carboxylic acids is 2. The molecule has 0 spiro atoms. The van der Waals surface area contributed by atoms with Gasteiger partial charge in [-0.25, -0.2) is 4.57 Å². The van der Waals surface area contributed by atoms with Crippen molar-refractivity contribution < 1.29 is 48.2 Å². The van der Waals surface area contributed by atoms with Crippen molar-refractivity contribution in [3.8, 4) is 0 Å². The molecule has 1 unspecified atom stereocenters. The van der Waals surface area contributed by atoms with Gasteiger partial charge in [-0.3, -0.25) is 14.1 Å². The number of nitrogens with one attached hydrogen (secondary N) is 1. The molecule has 60 heavy (non-hydrogen) atoms. The number of hydrogen-bond donors (Lipinski definition) is 5. The molecule has 5 N–H and O–H groups in total. The third-order valence-electron chi connectivity index (χ3n) is 12.3. The smallest absolute Gasteiger partial charge is 0.457 e. The van der Waals surface area contributed by atoms with Crippen LogP contribution in [0.3, 0.4) is 0 Å². The van der Waals surface area contributed by atoms with Gasteiger partial charge in [0.05, 0.1) is 31.8 Å². The van der Waals surface area contributed by atoms with E-state index in [1.165, 1.54) is 148 Å². The minimum atomic E-state index is -5.11. The fourth-order valence-electron chi connectivity index (χ4n) is 8.65. The van der Waals surface area contributed by atoms with Crippen molar-refractivity contribution in [2.75, 3.05) is 13.2 Å². The molecule has 1 aliphatic rings. The molecule has 1 aliphatic heterocycles. The van der Waals surface area contributed by atoms with Crippen LogP contribution in [-0.2, 0) is 28.2 Å². The Kier molecular flexibility index (Phi) is 36.4. The van der Waals surface area contributed by atoms with Crippen LogP contribution in [0.15, 0.2) is 0 Å². The lowest BCUT2D eigenvalue weighted by molar-refractivity contribution is -0.189. The summed E-state index contributed by atoms with van der Waals surface area (Å²) in [5, 5.41) is 23.5. The molecular formula is C48H94NO10P. The Labute approximate surface area is 367 Å². The molecule has 0 aliphatic carbocycles. The topological polar surface area (TPSA) is 172 Å². The van der Waals surface area contributed by atoms with Crippen LogP contribution < -0.4 is 5.32 Å². The van der Waals surface area contributed by atoms with Gasteiger partial charge < -0.3 is 34.8 Å². The Balaban J connectivity index is 2.82. The monoisotopic (exact) mass is 876 g/mol. The Morgan fingerprint density at radius 1 is 0.600 bits per heavy atom. The molecule has 0 aromatic carbocycles. The Bertz CT molecular complexity index is 1060. The van der Waals surface area contributed by atoms with Gasteiger partial charge in [-0.15, -0.1) is 0 Å². The highest BCUT2D eigenvalue weighted by Gasteiger charge is 2.47.